The second kappa shape index (κ2) is 5.21. The maximum absolute atomic E-state index is 9.79. The Labute approximate surface area is 135 Å². The van der Waals surface area contributed by atoms with E-state index in [1.54, 1.807) is 0 Å². The van der Waals surface area contributed by atoms with Crippen LogP contribution in [0.15, 0.2) is 23.8 Å². The summed E-state index contributed by atoms with van der Waals surface area (Å²) in [5, 5.41) is 9.79. The average Bonchev–Trinajstić information content (AvgIpc) is 2.89. The molecule has 22 heavy (non-hydrogen) atoms. The van der Waals surface area contributed by atoms with Crippen LogP contribution in [-0.2, 0) is 4.74 Å². The van der Waals surface area contributed by atoms with Crippen molar-refractivity contribution in [1.29, 1.82) is 0 Å². The van der Waals surface area contributed by atoms with Crippen molar-refractivity contribution >= 4 is 0 Å². The molecule has 3 aliphatic rings. The SMILES string of the molecule is C/C(=C/C=C/C(C)(C)O)[C@@H]1CC[C@]2(C)C[C@@H]3O[C@]3(C)CC[C@@H]12. The zero-order valence-electron chi connectivity index (χ0n) is 14.9. The summed E-state index contributed by atoms with van der Waals surface area (Å²) in [5.41, 5.74) is 1.40. The third-order valence-corrected chi connectivity index (χ3v) is 6.49. The number of epoxide rings is 1. The molecule has 0 bridgehead atoms. The number of hydrogen-bond donors (Lipinski definition) is 1. The summed E-state index contributed by atoms with van der Waals surface area (Å²) in [6.07, 6.45) is 13.1. The molecule has 2 saturated carbocycles. The quantitative estimate of drug-likeness (QED) is 0.609. The summed E-state index contributed by atoms with van der Waals surface area (Å²) in [6, 6.07) is 0. The van der Waals surface area contributed by atoms with E-state index in [1.165, 1.54) is 37.7 Å². The molecule has 2 aliphatic carbocycles. The minimum absolute atomic E-state index is 0.191. The molecule has 0 amide bonds. The molecular formula is C20H32O2. The van der Waals surface area contributed by atoms with Gasteiger partial charge < -0.3 is 9.84 Å². The lowest BCUT2D eigenvalue weighted by atomic mass is 9.72. The van der Waals surface area contributed by atoms with Gasteiger partial charge in [0.15, 0.2) is 0 Å². The van der Waals surface area contributed by atoms with Crippen molar-refractivity contribution in [2.45, 2.75) is 84.0 Å². The average molecular weight is 304 g/mol. The van der Waals surface area contributed by atoms with Crippen LogP contribution in [0.3, 0.4) is 0 Å². The Bertz CT molecular complexity index is 498. The highest BCUT2D eigenvalue weighted by Gasteiger charge is 2.60. The van der Waals surface area contributed by atoms with E-state index in [9.17, 15) is 5.11 Å². The van der Waals surface area contributed by atoms with Crippen LogP contribution in [-0.4, -0.2) is 22.4 Å². The molecule has 1 heterocycles. The Hall–Kier alpha value is -0.600. The normalized spacial score (nSPS) is 45.5. The van der Waals surface area contributed by atoms with Crippen molar-refractivity contribution in [2.75, 3.05) is 0 Å². The van der Waals surface area contributed by atoms with Crippen LogP contribution in [0.25, 0.3) is 0 Å². The standard InChI is InChI=1S/C20H32O2/c1-14(7-6-10-18(2,3)21)15-8-11-19(4)13-17-20(5,22-17)12-9-16(15)19/h6-7,10,15-17,21H,8-9,11-13H2,1-5H3/b10-6+,14-7-/t15-,16-,17-,19+,20+/m0/s1. The first-order valence-corrected chi connectivity index (χ1v) is 8.89. The van der Waals surface area contributed by atoms with Crippen LogP contribution >= 0.6 is 0 Å². The van der Waals surface area contributed by atoms with E-state index in [2.05, 4.69) is 26.8 Å². The molecular weight excluding hydrogens is 272 g/mol. The van der Waals surface area contributed by atoms with Crippen LogP contribution in [0, 0.1) is 17.3 Å². The van der Waals surface area contributed by atoms with Gasteiger partial charge in [-0.1, -0.05) is 30.7 Å². The maximum atomic E-state index is 9.79. The third kappa shape index (κ3) is 3.05. The number of ether oxygens (including phenoxy) is 1. The van der Waals surface area contributed by atoms with Gasteiger partial charge in [-0.05, 0) is 77.0 Å². The smallest absolute Gasteiger partial charge is 0.0920 e. The fraction of sp³-hybridized carbons (Fsp3) is 0.800. The summed E-state index contributed by atoms with van der Waals surface area (Å²) in [6.45, 7) is 10.7. The second-order valence-electron chi connectivity index (χ2n) is 8.99. The molecule has 0 aromatic carbocycles. The van der Waals surface area contributed by atoms with E-state index >= 15 is 0 Å². The lowest BCUT2D eigenvalue weighted by molar-refractivity contribution is 0.133. The van der Waals surface area contributed by atoms with Gasteiger partial charge >= 0.3 is 0 Å². The zero-order valence-corrected chi connectivity index (χ0v) is 14.9. The molecule has 0 aromatic heterocycles. The summed E-state index contributed by atoms with van der Waals surface area (Å²) >= 11 is 0. The van der Waals surface area contributed by atoms with Crippen LogP contribution in [0.4, 0.5) is 0 Å². The van der Waals surface area contributed by atoms with Gasteiger partial charge in [0.05, 0.1) is 17.3 Å². The summed E-state index contributed by atoms with van der Waals surface area (Å²) in [7, 11) is 0. The van der Waals surface area contributed by atoms with Crippen molar-refractivity contribution in [3.8, 4) is 0 Å². The van der Waals surface area contributed by atoms with Crippen LogP contribution in [0.5, 0.6) is 0 Å². The molecule has 5 atom stereocenters. The van der Waals surface area contributed by atoms with E-state index in [0.29, 0.717) is 17.4 Å². The zero-order chi connectivity index (χ0) is 16.2. The Balaban J connectivity index is 1.73. The van der Waals surface area contributed by atoms with E-state index < -0.39 is 5.60 Å². The summed E-state index contributed by atoms with van der Waals surface area (Å²) in [4.78, 5) is 0. The van der Waals surface area contributed by atoms with Gasteiger partial charge in [-0.2, -0.15) is 0 Å². The first-order valence-electron chi connectivity index (χ1n) is 8.89. The number of allylic oxidation sites excluding steroid dienone is 3. The van der Waals surface area contributed by atoms with Crippen molar-refractivity contribution in [3.05, 3.63) is 23.8 Å². The molecule has 1 aliphatic heterocycles. The fourth-order valence-corrected chi connectivity index (χ4v) is 4.90. The molecule has 3 rings (SSSR count). The molecule has 0 spiro atoms. The number of aliphatic hydroxyl groups is 1. The number of rotatable bonds is 3. The number of hydrogen-bond acceptors (Lipinski definition) is 2. The Morgan fingerprint density at radius 3 is 2.64 bits per heavy atom. The molecule has 0 radical (unpaired) electrons. The van der Waals surface area contributed by atoms with E-state index in [1.807, 2.05) is 26.0 Å². The fourth-order valence-electron chi connectivity index (χ4n) is 4.90. The van der Waals surface area contributed by atoms with Crippen molar-refractivity contribution in [1.82, 2.24) is 0 Å². The molecule has 0 aromatic rings. The van der Waals surface area contributed by atoms with E-state index in [4.69, 9.17) is 4.74 Å². The minimum Gasteiger partial charge on any atom is -0.386 e. The van der Waals surface area contributed by atoms with Gasteiger partial charge in [0.1, 0.15) is 0 Å². The van der Waals surface area contributed by atoms with Gasteiger partial charge in [0.25, 0.3) is 0 Å². The summed E-state index contributed by atoms with van der Waals surface area (Å²) < 4.78 is 5.96. The highest BCUT2D eigenvalue weighted by molar-refractivity contribution is 5.20. The molecule has 124 valence electrons. The van der Waals surface area contributed by atoms with E-state index in [-0.39, 0.29) is 5.60 Å². The largest absolute Gasteiger partial charge is 0.386 e. The molecule has 0 unspecified atom stereocenters. The van der Waals surface area contributed by atoms with Crippen molar-refractivity contribution < 1.29 is 9.84 Å². The van der Waals surface area contributed by atoms with Crippen LogP contribution in [0.2, 0.25) is 0 Å². The Morgan fingerprint density at radius 1 is 1.23 bits per heavy atom. The first kappa shape index (κ1) is 16.3. The Morgan fingerprint density at radius 2 is 1.95 bits per heavy atom. The summed E-state index contributed by atoms with van der Waals surface area (Å²) in [5.74, 6) is 1.50. The van der Waals surface area contributed by atoms with Gasteiger partial charge in [0, 0.05) is 0 Å². The van der Waals surface area contributed by atoms with Crippen molar-refractivity contribution in [2.24, 2.45) is 17.3 Å². The maximum Gasteiger partial charge on any atom is 0.0920 e. The van der Waals surface area contributed by atoms with E-state index in [0.717, 1.165) is 5.92 Å². The molecule has 3 fully saturated rings. The van der Waals surface area contributed by atoms with Gasteiger partial charge in [-0.15, -0.1) is 0 Å². The molecule has 1 N–H and O–H groups in total. The topological polar surface area (TPSA) is 32.8 Å². The minimum atomic E-state index is -0.726. The van der Waals surface area contributed by atoms with Gasteiger partial charge in [0.2, 0.25) is 0 Å². The highest BCUT2D eigenvalue weighted by Crippen LogP contribution is 2.61. The molecule has 1 saturated heterocycles. The van der Waals surface area contributed by atoms with Crippen LogP contribution in [0.1, 0.15) is 66.7 Å². The van der Waals surface area contributed by atoms with Gasteiger partial charge in [-0.25, -0.2) is 0 Å². The monoisotopic (exact) mass is 304 g/mol. The van der Waals surface area contributed by atoms with Crippen LogP contribution < -0.4 is 0 Å². The lowest BCUT2D eigenvalue weighted by Crippen LogP contribution is -2.26. The molecule has 2 nitrogen and oxygen atoms in total. The van der Waals surface area contributed by atoms with Gasteiger partial charge in [-0.3, -0.25) is 0 Å². The first-order chi connectivity index (χ1) is 10.1. The Kier molecular flexibility index (Phi) is 3.85. The molecule has 2 heteroatoms. The van der Waals surface area contributed by atoms with Crippen molar-refractivity contribution in [3.63, 3.8) is 0 Å². The number of fused-ring (bicyclic) bond motifs is 2. The predicted octanol–water partition coefficient (Wildman–Crippen LogP) is 4.63. The highest BCUT2D eigenvalue weighted by atomic mass is 16.6. The second-order valence-corrected chi connectivity index (χ2v) is 8.99. The third-order valence-electron chi connectivity index (χ3n) is 6.49. The lowest BCUT2D eigenvalue weighted by Gasteiger charge is -2.33. The predicted molar refractivity (Wildman–Crippen MR) is 90.6 cm³/mol.